The van der Waals surface area contributed by atoms with Crippen molar-refractivity contribution in [1.29, 1.82) is 0 Å². The van der Waals surface area contributed by atoms with E-state index in [4.69, 9.17) is 0 Å². The molecule has 0 radical (unpaired) electrons. The first-order chi connectivity index (χ1) is 9.69. The van der Waals surface area contributed by atoms with Gasteiger partial charge in [-0.3, -0.25) is 4.99 Å². The lowest BCUT2D eigenvalue weighted by Crippen LogP contribution is -2.36. The number of rotatable bonds is 4. The highest BCUT2D eigenvalue weighted by Crippen LogP contribution is 2.11. The molecule has 0 spiro atoms. The van der Waals surface area contributed by atoms with Gasteiger partial charge in [0.05, 0.1) is 17.7 Å². The monoisotopic (exact) mass is 292 g/mol. The van der Waals surface area contributed by atoms with E-state index in [0.29, 0.717) is 19.0 Å². The largest absolute Gasteiger partial charge is 0.352 e. The summed E-state index contributed by atoms with van der Waals surface area (Å²) in [4.78, 5) is 9.55. The van der Waals surface area contributed by atoms with Gasteiger partial charge in [-0.25, -0.2) is 9.37 Å². The zero-order valence-corrected chi connectivity index (χ0v) is 12.3. The molecule has 1 aromatic carbocycles. The second kappa shape index (κ2) is 7.00. The summed E-state index contributed by atoms with van der Waals surface area (Å²) in [7, 11) is 1.72. The molecule has 2 rings (SSSR count). The van der Waals surface area contributed by atoms with E-state index < -0.39 is 0 Å². The standard InChI is InChI=1S/C14H17FN4S/c1-10-13(20-9-19-10)8-18-14(16-2)17-7-11-3-5-12(15)6-4-11/h3-6,9H,7-8H2,1-2H3,(H2,16,17,18). The van der Waals surface area contributed by atoms with Crippen molar-refractivity contribution in [2.75, 3.05) is 7.05 Å². The number of thiazole rings is 1. The number of hydrogen-bond donors (Lipinski definition) is 2. The smallest absolute Gasteiger partial charge is 0.191 e. The Hall–Kier alpha value is -1.95. The third-order valence-electron chi connectivity index (χ3n) is 2.86. The minimum Gasteiger partial charge on any atom is -0.352 e. The van der Waals surface area contributed by atoms with Crippen molar-refractivity contribution < 1.29 is 4.39 Å². The van der Waals surface area contributed by atoms with Crippen LogP contribution in [0.1, 0.15) is 16.1 Å². The van der Waals surface area contributed by atoms with Gasteiger partial charge in [-0.05, 0) is 24.6 Å². The third-order valence-corrected chi connectivity index (χ3v) is 3.79. The highest BCUT2D eigenvalue weighted by Gasteiger charge is 2.03. The molecule has 106 valence electrons. The summed E-state index contributed by atoms with van der Waals surface area (Å²) in [5.41, 5.74) is 3.88. The molecule has 20 heavy (non-hydrogen) atoms. The lowest BCUT2D eigenvalue weighted by Gasteiger charge is -2.11. The summed E-state index contributed by atoms with van der Waals surface area (Å²) in [5, 5.41) is 6.42. The SMILES string of the molecule is CN=C(NCc1ccc(F)cc1)NCc1scnc1C. The Labute approximate surface area is 121 Å². The van der Waals surface area contributed by atoms with Crippen LogP contribution >= 0.6 is 11.3 Å². The molecule has 1 heterocycles. The summed E-state index contributed by atoms with van der Waals surface area (Å²) >= 11 is 1.62. The van der Waals surface area contributed by atoms with Crippen LogP contribution in [0, 0.1) is 12.7 Å². The Kier molecular flexibility index (Phi) is 5.06. The normalized spacial score (nSPS) is 11.4. The molecular weight excluding hydrogens is 275 g/mol. The Balaban J connectivity index is 1.84. The Morgan fingerprint density at radius 3 is 2.55 bits per heavy atom. The van der Waals surface area contributed by atoms with Gasteiger partial charge in [-0.15, -0.1) is 11.3 Å². The summed E-state index contributed by atoms with van der Waals surface area (Å²) in [6.07, 6.45) is 0. The maximum absolute atomic E-state index is 12.8. The second-order valence-electron chi connectivity index (χ2n) is 4.27. The van der Waals surface area contributed by atoms with E-state index in [1.165, 1.54) is 17.0 Å². The number of aromatic nitrogens is 1. The van der Waals surface area contributed by atoms with Crippen LogP contribution in [0.4, 0.5) is 4.39 Å². The maximum Gasteiger partial charge on any atom is 0.191 e. The van der Waals surface area contributed by atoms with Crippen LogP contribution < -0.4 is 10.6 Å². The van der Waals surface area contributed by atoms with Crippen LogP contribution in [-0.2, 0) is 13.1 Å². The van der Waals surface area contributed by atoms with Gasteiger partial charge in [0, 0.05) is 18.5 Å². The minimum atomic E-state index is -0.225. The number of guanidine groups is 1. The molecule has 0 aliphatic rings. The molecule has 0 saturated carbocycles. The lowest BCUT2D eigenvalue weighted by molar-refractivity contribution is 0.626. The fourth-order valence-corrected chi connectivity index (χ4v) is 2.39. The topological polar surface area (TPSA) is 49.3 Å². The number of nitrogens with one attached hydrogen (secondary N) is 2. The van der Waals surface area contributed by atoms with Gasteiger partial charge in [0.15, 0.2) is 5.96 Å². The number of hydrogen-bond acceptors (Lipinski definition) is 3. The van der Waals surface area contributed by atoms with Crippen molar-refractivity contribution in [2.45, 2.75) is 20.0 Å². The van der Waals surface area contributed by atoms with Crippen molar-refractivity contribution in [3.63, 3.8) is 0 Å². The average Bonchev–Trinajstić information content (AvgIpc) is 2.86. The molecule has 0 amide bonds. The minimum absolute atomic E-state index is 0.225. The molecule has 0 aliphatic heterocycles. The molecule has 0 fully saturated rings. The Morgan fingerprint density at radius 1 is 1.25 bits per heavy atom. The van der Waals surface area contributed by atoms with Crippen LogP contribution in [0.15, 0.2) is 34.8 Å². The van der Waals surface area contributed by atoms with Gasteiger partial charge in [-0.1, -0.05) is 12.1 Å². The predicted molar refractivity (Wildman–Crippen MR) is 80.3 cm³/mol. The van der Waals surface area contributed by atoms with E-state index in [9.17, 15) is 4.39 Å². The fourth-order valence-electron chi connectivity index (χ4n) is 1.67. The molecule has 4 nitrogen and oxygen atoms in total. The molecule has 1 aromatic heterocycles. The first-order valence-electron chi connectivity index (χ1n) is 6.27. The molecule has 6 heteroatoms. The van der Waals surface area contributed by atoms with E-state index in [1.807, 2.05) is 12.4 Å². The van der Waals surface area contributed by atoms with Gasteiger partial charge in [0.25, 0.3) is 0 Å². The van der Waals surface area contributed by atoms with Crippen molar-refractivity contribution in [3.05, 3.63) is 51.7 Å². The molecule has 0 unspecified atom stereocenters. The first kappa shape index (κ1) is 14.5. The molecule has 2 aromatic rings. The summed E-state index contributed by atoms with van der Waals surface area (Å²) in [5.74, 6) is 0.485. The van der Waals surface area contributed by atoms with Gasteiger partial charge in [0.1, 0.15) is 5.82 Å². The Bertz CT molecular complexity index is 577. The quantitative estimate of drug-likeness (QED) is 0.672. The summed E-state index contributed by atoms with van der Waals surface area (Å²) in [6.45, 7) is 3.28. The fraction of sp³-hybridized carbons (Fsp3) is 0.286. The lowest BCUT2D eigenvalue weighted by atomic mass is 10.2. The van der Waals surface area contributed by atoms with Gasteiger partial charge < -0.3 is 10.6 Å². The molecule has 2 N–H and O–H groups in total. The highest BCUT2D eigenvalue weighted by molar-refractivity contribution is 7.09. The number of benzene rings is 1. The molecule has 0 atom stereocenters. The molecule has 0 bridgehead atoms. The van der Waals surface area contributed by atoms with Crippen molar-refractivity contribution in [3.8, 4) is 0 Å². The van der Waals surface area contributed by atoms with E-state index in [1.54, 1.807) is 30.5 Å². The zero-order valence-electron chi connectivity index (χ0n) is 11.5. The van der Waals surface area contributed by atoms with Gasteiger partial charge in [-0.2, -0.15) is 0 Å². The van der Waals surface area contributed by atoms with Crippen LogP contribution in [0.5, 0.6) is 0 Å². The van der Waals surface area contributed by atoms with Crippen LogP contribution in [0.2, 0.25) is 0 Å². The molecular formula is C14H17FN4S. The second-order valence-corrected chi connectivity index (χ2v) is 5.21. The summed E-state index contributed by atoms with van der Waals surface area (Å²) < 4.78 is 12.8. The number of halogens is 1. The molecule has 0 aliphatic carbocycles. The van der Waals surface area contributed by atoms with Crippen LogP contribution in [-0.4, -0.2) is 18.0 Å². The van der Waals surface area contributed by atoms with Crippen molar-refractivity contribution >= 4 is 17.3 Å². The average molecular weight is 292 g/mol. The van der Waals surface area contributed by atoms with Crippen LogP contribution in [0.25, 0.3) is 0 Å². The van der Waals surface area contributed by atoms with Crippen molar-refractivity contribution in [1.82, 2.24) is 15.6 Å². The molecule has 0 saturated heterocycles. The Morgan fingerprint density at radius 2 is 1.95 bits per heavy atom. The summed E-state index contributed by atoms with van der Waals surface area (Å²) in [6, 6.07) is 6.41. The van der Waals surface area contributed by atoms with Crippen molar-refractivity contribution in [2.24, 2.45) is 4.99 Å². The number of aliphatic imine (C=N–C) groups is 1. The van der Waals surface area contributed by atoms with E-state index >= 15 is 0 Å². The predicted octanol–water partition coefficient (Wildman–Crippen LogP) is 2.46. The maximum atomic E-state index is 12.8. The van der Waals surface area contributed by atoms with Gasteiger partial charge >= 0.3 is 0 Å². The number of nitrogens with zero attached hydrogens (tertiary/aromatic N) is 2. The third kappa shape index (κ3) is 4.03. The van der Waals surface area contributed by atoms with Crippen LogP contribution in [0.3, 0.4) is 0 Å². The zero-order chi connectivity index (χ0) is 14.4. The van der Waals surface area contributed by atoms with E-state index in [0.717, 1.165) is 11.3 Å². The van der Waals surface area contributed by atoms with E-state index in [-0.39, 0.29) is 5.82 Å². The highest BCUT2D eigenvalue weighted by atomic mass is 32.1. The number of aryl methyl sites for hydroxylation is 1. The van der Waals surface area contributed by atoms with E-state index in [2.05, 4.69) is 20.6 Å². The van der Waals surface area contributed by atoms with Gasteiger partial charge in [0.2, 0.25) is 0 Å². The first-order valence-corrected chi connectivity index (χ1v) is 7.15.